The van der Waals surface area contributed by atoms with Crippen molar-refractivity contribution >= 4 is 31.5 Å². The quantitative estimate of drug-likeness (QED) is 0.573. The molecule has 0 bridgehead atoms. The summed E-state index contributed by atoms with van der Waals surface area (Å²) in [6, 6.07) is 7.27. The molecule has 1 aromatic heterocycles. The Morgan fingerprint density at radius 1 is 1.05 bits per heavy atom. The molecule has 1 fully saturated rings. The molecule has 0 N–H and O–H groups in total. The third kappa shape index (κ3) is 2.09. The van der Waals surface area contributed by atoms with E-state index in [1.54, 1.807) is 6.07 Å². The summed E-state index contributed by atoms with van der Waals surface area (Å²) in [5.41, 5.74) is 0.780. The van der Waals surface area contributed by atoms with Crippen molar-refractivity contribution in [2.45, 2.75) is 32.1 Å². The van der Waals surface area contributed by atoms with Gasteiger partial charge in [0, 0.05) is 10.8 Å². The van der Waals surface area contributed by atoms with Crippen molar-refractivity contribution in [3.8, 4) is 5.75 Å². The van der Waals surface area contributed by atoms with E-state index in [0.717, 1.165) is 35.6 Å². The SMILES string of the molecule is CCCOc1ccc2c(sc3c(F)c(C4CC4)ccc32)c1F. The molecule has 22 heavy (non-hydrogen) atoms. The number of ether oxygens (including phenoxy) is 1. The largest absolute Gasteiger partial charge is 0.490 e. The first kappa shape index (κ1) is 13.9. The van der Waals surface area contributed by atoms with Crippen LogP contribution in [0, 0.1) is 11.6 Å². The van der Waals surface area contributed by atoms with Crippen LogP contribution in [0.2, 0.25) is 0 Å². The highest BCUT2D eigenvalue weighted by atomic mass is 32.1. The molecular weight excluding hydrogens is 302 g/mol. The van der Waals surface area contributed by atoms with E-state index in [0.29, 0.717) is 21.9 Å². The smallest absolute Gasteiger partial charge is 0.182 e. The first-order chi connectivity index (χ1) is 10.7. The summed E-state index contributed by atoms with van der Waals surface area (Å²) in [5, 5.41) is 1.56. The van der Waals surface area contributed by atoms with Gasteiger partial charge in [0.1, 0.15) is 5.82 Å². The minimum absolute atomic E-state index is 0.170. The maximum Gasteiger partial charge on any atom is 0.182 e. The fraction of sp³-hybridized carbons (Fsp3) is 0.333. The second-order valence-corrected chi connectivity index (χ2v) is 6.85. The van der Waals surface area contributed by atoms with E-state index in [2.05, 4.69) is 0 Å². The van der Waals surface area contributed by atoms with Gasteiger partial charge in [0.05, 0.1) is 16.0 Å². The molecule has 0 radical (unpaired) electrons. The van der Waals surface area contributed by atoms with Crippen molar-refractivity contribution in [1.29, 1.82) is 0 Å². The second-order valence-electron chi connectivity index (χ2n) is 5.82. The predicted molar refractivity (Wildman–Crippen MR) is 87.0 cm³/mol. The zero-order valence-corrected chi connectivity index (χ0v) is 13.1. The fourth-order valence-corrected chi connectivity index (χ4v) is 4.05. The van der Waals surface area contributed by atoms with Crippen LogP contribution in [0.25, 0.3) is 20.2 Å². The van der Waals surface area contributed by atoms with E-state index in [4.69, 9.17) is 4.74 Å². The molecule has 1 nitrogen and oxygen atoms in total. The van der Waals surface area contributed by atoms with Crippen molar-refractivity contribution in [3.63, 3.8) is 0 Å². The Morgan fingerprint density at radius 2 is 1.73 bits per heavy atom. The topological polar surface area (TPSA) is 9.23 Å². The minimum atomic E-state index is -0.375. The van der Waals surface area contributed by atoms with Gasteiger partial charge < -0.3 is 4.74 Å². The minimum Gasteiger partial charge on any atom is -0.490 e. The van der Waals surface area contributed by atoms with Gasteiger partial charge in [0.2, 0.25) is 0 Å². The first-order valence-corrected chi connectivity index (χ1v) is 8.48. The van der Waals surface area contributed by atoms with Gasteiger partial charge in [0.25, 0.3) is 0 Å². The average Bonchev–Trinajstić information content (AvgIpc) is 3.28. The van der Waals surface area contributed by atoms with E-state index < -0.39 is 0 Å². The number of hydrogen-bond donors (Lipinski definition) is 0. The maximum atomic E-state index is 14.7. The van der Waals surface area contributed by atoms with Crippen LogP contribution in [-0.4, -0.2) is 6.61 Å². The Morgan fingerprint density at radius 3 is 2.41 bits per heavy atom. The monoisotopic (exact) mass is 318 g/mol. The highest BCUT2D eigenvalue weighted by Gasteiger charge is 2.28. The van der Waals surface area contributed by atoms with Gasteiger partial charge in [-0.2, -0.15) is 0 Å². The molecule has 0 saturated heterocycles. The molecule has 0 amide bonds. The predicted octanol–water partition coefficient (Wildman–Crippen LogP) is 6.00. The number of fused-ring (bicyclic) bond motifs is 3. The molecule has 1 heterocycles. The number of benzene rings is 2. The van der Waals surface area contributed by atoms with Gasteiger partial charge in [-0.05, 0) is 42.9 Å². The van der Waals surface area contributed by atoms with E-state index in [9.17, 15) is 8.78 Å². The molecular formula is C18H16F2OS. The lowest BCUT2D eigenvalue weighted by Gasteiger charge is -2.05. The molecule has 0 spiro atoms. The van der Waals surface area contributed by atoms with Gasteiger partial charge >= 0.3 is 0 Å². The third-order valence-electron chi connectivity index (χ3n) is 4.16. The molecule has 1 aliphatic carbocycles. The fourth-order valence-electron chi connectivity index (χ4n) is 2.87. The maximum absolute atomic E-state index is 14.7. The Hall–Kier alpha value is -1.68. The van der Waals surface area contributed by atoms with Gasteiger partial charge in [-0.3, -0.25) is 0 Å². The molecule has 114 valence electrons. The van der Waals surface area contributed by atoms with E-state index in [-0.39, 0.29) is 17.4 Å². The van der Waals surface area contributed by atoms with Crippen molar-refractivity contribution in [3.05, 3.63) is 41.5 Å². The lowest BCUT2D eigenvalue weighted by atomic mass is 10.1. The zero-order chi connectivity index (χ0) is 15.3. The van der Waals surface area contributed by atoms with Crippen molar-refractivity contribution in [2.75, 3.05) is 6.61 Å². The Balaban J connectivity index is 1.92. The molecule has 0 unspecified atom stereocenters. The van der Waals surface area contributed by atoms with Crippen molar-refractivity contribution in [2.24, 2.45) is 0 Å². The van der Waals surface area contributed by atoms with E-state index >= 15 is 0 Å². The Labute approximate surface area is 131 Å². The highest BCUT2D eigenvalue weighted by molar-refractivity contribution is 7.25. The van der Waals surface area contributed by atoms with Crippen molar-refractivity contribution in [1.82, 2.24) is 0 Å². The molecule has 2 aromatic carbocycles. The number of halogens is 2. The van der Waals surface area contributed by atoms with Gasteiger partial charge in [-0.15, -0.1) is 11.3 Å². The molecule has 1 saturated carbocycles. The van der Waals surface area contributed by atoms with Crippen molar-refractivity contribution < 1.29 is 13.5 Å². The van der Waals surface area contributed by atoms with Gasteiger partial charge in [-0.1, -0.05) is 19.1 Å². The number of thiophene rings is 1. The summed E-state index contributed by atoms with van der Waals surface area (Å²) in [7, 11) is 0. The first-order valence-electron chi connectivity index (χ1n) is 7.66. The Kier molecular flexibility index (Phi) is 3.30. The average molecular weight is 318 g/mol. The van der Waals surface area contributed by atoms with Gasteiger partial charge in [-0.25, -0.2) is 8.78 Å². The number of hydrogen-bond acceptors (Lipinski definition) is 2. The van der Waals surface area contributed by atoms with Crippen LogP contribution in [0.5, 0.6) is 5.75 Å². The lowest BCUT2D eigenvalue weighted by molar-refractivity contribution is 0.303. The van der Waals surface area contributed by atoms with Crippen LogP contribution in [0.4, 0.5) is 8.78 Å². The van der Waals surface area contributed by atoms with Crippen LogP contribution < -0.4 is 4.74 Å². The molecule has 0 atom stereocenters. The van der Waals surface area contributed by atoms with Crippen LogP contribution >= 0.6 is 11.3 Å². The summed E-state index contributed by atoms with van der Waals surface area (Å²) in [6.07, 6.45) is 2.93. The standard InChI is InChI=1S/C18H16F2OS/c1-2-9-21-14-8-7-13-12-6-5-11(10-3-4-10)15(19)17(12)22-18(13)16(14)20/h5-8,10H,2-4,9H2,1H3. The van der Waals surface area contributed by atoms with E-state index in [1.165, 1.54) is 11.3 Å². The molecule has 0 aliphatic heterocycles. The summed E-state index contributed by atoms with van der Waals surface area (Å²) in [5.74, 6) is 0.0581. The number of rotatable bonds is 4. The van der Waals surface area contributed by atoms with Gasteiger partial charge in [0.15, 0.2) is 11.6 Å². The lowest BCUT2D eigenvalue weighted by Crippen LogP contribution is -1.97. The summed E-state index contributed by atoms with van der Waals surface area (Å²) in [6.45, 7) is 2.46. The van der Waals surface area contributed by atoms with Crippen LogP contribution in [0.3, 0.4) is 0 Å². The normalized spacial score (nSPS) is 14.9. The second kappa shape index (κ2) is 5.20. The third-order valence-corrected chi connectivity index (χ3v) is 5.37. The Bertz CT molecular complexity index is 865. The zero-order valence-electron chi connectivity index (χ0n) is 12.3. The highest BCUT2D eigenvalue weighted by Crippen LogP contribution is 2.46. The van der Waals surface area contributed by atoms with Crippen LogP contribution in [-0.2, 0) is 0 Å². The van der Waals surface area contributed by atoms with E-state index in [1.807, 2.05) is 25.1 Å². The molecule has 4 rings (SSSR count). The summed E-state index contributed by atoms with van der Waals surface area (Å²) < 4.78 is 35.8. The molecule has 3 aromatic rings. The summed E-state index contributed by atoms with van der Waals surface area (Å²) >= 11 is 1.19. The van der Waals surface area contributed by atoms with Crippen LogP contribution in [0.1, 0.15) is 37.7 Å². The summed E-state index contributed by atoms with van der Waals surface area (Å²) in [4.78, 5) is 0. The van der Waals surface area contributed by atoms with Crippen LogP contribution in [0.15, 0.2) is 24.3 Å². The molecule has 1 aliphatic rings. The molecule has 4 heteroatoms.